The van der Waals surface area contributed by atoms with Gasteiger partial charge in [0.2, 0.25) is 0 Å². The Balaban J connectivity index is 1.93. The van der Waals surface area contributed by atoms with Gasteiger partial charge in [-0.05, 0) is 69.2 Å². The summed E-state index contributed by atoms with van der Waals surface area (Å²) in [5, 5.41) is 12.5. The third-order valence-electron chi connectivity index (χ3n) is 5.57. The molecule has 1 heterocycles. The first-order valence-corrected chi connectivity index (χ1v) is 9.61. The SMILES string of the molecule is COc1ccc2c(c1)-c1c(c3ccc([N+](=O)[O-])cc3n1CCCN(C)C)CC2. The summed E-state index contributed by atoms with van der Waals surface area (Å²) in [4.78, 5) is 13.2. The lowest BCUT2D eigenvalue weighted by Crippen LogP contribution is -2.16. The number of aromatic nitrogens is 1. The molecule has 0 bridgehead atoms. The number of nitro groups is 1. The van der Waals surface area contributed by atoms with E-state index in [9.17, 15) is 10.1 Å². The van der Waals surface area contributed by atoms with Crippen LogP contribution >= 0.6 is 0 Å². The Morgan fingerprint density at radius 1 is 1.18 bits per heavy atom. The van der Waals surface area contributed by atoms with Crippen LogP contribution in [0, 0.1) is 10.1 Å². The molecular weight excluding hydrogens is 354 g/mol. The number of nitrogens with zero attached hydrogens (tertiary/aromatic N) is 3. The summed E-state index contributed by atoms with van der Waals surface area (Å²) >= 11 is 0. The molecule has 0 unspecified atom stereocenters. The third kappa shape index (κ3) is 3.14. The Morgan fingerprint density at radius 3 is 2.71 bits per heavy atom. The highest BCUT2D eigenvalue weighted by molar-refractivity contribution is 5.94. The minimum Gasteiger partial charge on any atom is -0.497 e. The van der Waals surface area contributed by atoms with E-state index in [1.54, 1.807) is 19.2 Å². The smallest absolute Gasteiger partial charge is 0.271 e. The van der Waals surface area contributed by atoms with E-state index in [0.29, 0.717) is 0 Å². The summed E-state index contributed by atoms with van der Waals surface area (Å²) in [6, 6.07) is 11.5. The van der Waals surface area contributed by atoms with Crippen LogP contribution < -0.4 is 4.74 Å². The predicted molar refractivity (Wildman–Crippen MR) is 111 cm³/mol. The topological polar surface area (TPSA) is 60.5 Å². The zero-order chi connectivity index (χ0) is 19.8. The van der Waals surface area contributed by atoms with Crippen molar-refractivity contribution in [3.63, 3.8) is 0 Å². The lowest BCUT2D eigenvalue weighted by Gasteiger charge is -2.21. The van der Waals surface area contributed by atoms with E-state index in [1.165, 1.54) is 22.4 Å². The van der Waals surface area contributed by atoms with Gasteiger partial charge in [-0.15, -0.1) is 0 Å². The molecule has 0 N–H and O–H groups in total. The molecule has 0 saturated heterocycles. The number of fused-ring (bicyclic) bond motifs is 5. The largest absolute Gasteiger partial charge is 0.497 e. The van der Waals surface area contributed by atoms with Gasteiger partial charge in [0.25, 0.3) is 5.69 Å². The van der Waals surface area contributed by atoms with Gasteiger partial charge in [0, 0.05) is 29.6 Å². The number of hydrogen-bond acceptors (Lipinski definition) is 4. The van der Waals surface area contributed by atoms with E-state index >= 15 is 0 Å². The summed E-state index contributed by atoms with van der Waals surface area (Å²) in [6.45, 7) is 1.79. The zero-order valence-electron chi connectivity index (χ0n) is 16.6. The van der Waals surface area contributed by atoms with Crippen molar-refractivity contribution in [1.29, 1.82) is 0 Å². The molecular formula is C22H25N3O3. The molecule has 1 aliphatic rings. The number of ether oxygens (including phenoxy) is 1. The molecule has 4 rings (SSSR count). The summed E-state index contributed by atoms with van der Waals surface area (Å²) in [7, 11) is 5.81. The fraction of sp³-hybridized carbons (Fsp3) is 0.364. The van der Waals surface area contributed by atoms with Crippen LogP contribution in [0.1, 0.15) is 17.5 Å². The molecule has 146 valence electrons. The average Bonchev–Trinajstić information content (AvgIpc) is 3.00. The van der Waals surface area contributed by atoms with Gasteiger partial charge in [-0.1, -0.05) is 6.07 Å². The maximum absolute atomic E-state index is 11.4. The van der Waals surface area contributed by atoms with Crippen molar-refractivity contribution in [3.8, 4) is 17.0 Å². The van der Waals surface area contributed by atoms with Crippen LogP contribution in [0.5, 0.6) is 5.75 Å². The van der Waals surface area contributed by atoms with Crippen molar-refractivity contribution in [2.45, 2.75) is 25.8 Å². The van der Waals surface area contributed by atoms with Crippen molar-refractivity contribution in [2.75, 3.05) is 27.7 Å². The summed E-state index contributed by atoms with van der Waals surface area (Å²) in [5.41, 5.74) is 6.06. The second-order valence-electron chi connectivity index (χ2n) is 7.62. The number of nitro benzene ring substituents is 1. The van der Waals surface area contributed by atoms with Gasteiger partial charge in [0.1, 0.15) is 5.75 Å². The summed E-state index contributed by atoms with van der Waals surface area (Å²) in [5.74, 6) is 0.836. The fourth-order valence-corrected chi connectivity index (χ4v) is 4.24. The normalized spacial score (nSPS) is 12.9. The quantitative estimate of drug-likeness (QED) is 0.474. The molecule has 0 radical (unpaired) electrons. The Kier molecular flexibility index (Phi) is 4.81. The minimum atomic E-state index is -0.313. The van der Waals surface area contributed by atoms with Crippen LogP contribution in [0.2, 0.25) is 0 Å². The molecule has 6 heteroatoms. The van der Waals surface area contributed by atoms with Crippen molar-refractivity contribution in [1.82, 2.24) is 9.47 Å². The number of aryl methyl sites for hydroxylation is 3. The van der Waals surface area contributed by atoms with Crippen molar-refractivity contribution in [2.24, 2.45) is 0 Å². The monoisotopic (exact) mass is 379 g/mol. The highest BCUT2D eigenvalue weighted by Gasteiger charge is 2.25. The zero-order valence-corrected chi connectivity index (χ0v) is 16.6. The molecule has 0 saturated carbocycles. The van der Waals surface area contributed by atoms with Crippen LogP contribution in [0.3, 0.4) is 0 Å². The van der Waals surface area contributed by atoms with Crippen LogP contribution in [0.15, 0.2) is 36.4 Å². The number of hydrogen-bond donors (Lipinski definition) is 0. The fourth-order valence-electron chi connectivity index (χ4n) is 4.24. The minimum absolute atomic E-state index is 0.141. The molecule has 0 spiro atoms. The highest BCUT2D eigenvalue weighted by atomic mass is 16.6. The third-order valence-corrected chi connectivity index (χ3v) is 5.57. The molecule has 6 nitrogen and oxygen atoms in total. The van der Waals surface area contributed by atoms with E-state index in [1.807, 2.05) is 12.1 Å². The van der Waals surface area contributed by atoms with Crippen LogP contribution in [0.25, 0.3) is 22.2 Å². The van der Waals surface area contributed by atoms with E-state index in [0.717, 1.165) is 49.0 Å². The molecule has 1 aliphatic carbocycles. The number of benzene rings is 2. The Labute approximate surface area is 164 Å². The molecule has 28 heavy (non-hydrogen) atoms. The van der Waals surface area contributed by atoms with Crippen molar-refractivity contribution >= 4 is 16.6 Å². The van der Waals surface area contributed by atoms with E-state index in [-0.39, 0.29) is 10.6 Å². The summed E-state index contributed by atoms with van der Waals surface area (Å²) in [6.07, 6.45) is 2.90. The summed E-state index contributed by atoms with van der Waals surface area (Å²) < 4.78 is 7.74. The number of rotatable bonds is 6. The molecule has 1 aromatic heterocycles. The van der Waals surface area contributed by atoms with Crippen molar-refractivity contribution in [3.05, 3.63) is 57.6 Å². The maximum Gasteiger partial charge on any atom is 0.271 e. The van der Waals surface area contributed by atoms with Gasteiger partial charge in [0.05, 0.1) is 23.2 Å². The second-order valence-corrected chi connectivity index (χ2v) is 7.62. The second kappa shape index (κ2) is 7.28. The Bertz CT molecular complexity index is 1050. The molecule has 2 aromatic carbocycles. The van der Waals surface area contributed by atoms with E-state index < -0.39 is 0 Å². The van der Waals surface area contributed by atoms with E-state index in [2.05, 4.69) is 35.7 Å². The standard InChI is InChI=1S/C22H25N3O3/c1-23(2)11-4-12-24-21-13-16(25(26)27)7-10-18(21)19-9-6-15-5-8-17(28-3)14-20(15)22(19)24/h5,7-8,10,13-14H,4,6,9,11-12H2,1-3H3. The lowest BCUT2D eigenvalue weighted by atomic mass is 9.88. The van der Waals surface area contributed by atoms with Crippen LogP contribution in [-0.4, -0.2) is 42.1 Å². The van der Waals surface area contributed by atoms with Gasteiger partial charge in [-0.2, -0.15) is 0 Å². The van der Waals surface area contributed by atoms with Crippen LogP contribution in [-0.2, 0) is 19.4 Å². The van der Waals surface area contributed by atoms with Crippen molar-refractivity contribution < 1.29 is 9.66 Å². The maximum atomic E-state index is 11.4. The van der Waals surface area contributed by atoms with Crippen LogP contribution in [0.4, 0.5) is 5.69 Å². The van der Waals surface area contributed by atoms with Gasteiger partial charge >= 0.3 is 0 Å². The first-order valence-electron chi connectivity index (χ1n) is 9.61. The van der Waals surface area contributed by atoms with Gasteiger partial charge in [-0.25, -0.2) is 0 Å². The average molecular weight is 379 g/mol. The van der Waals surface area contributed by atoms with Gasteiger partial charge in [-0.3, -0.25) is 10.1 Å². The first kappa shape index (κ1) is 18.5. The molecule has 0 amide bonds. The highest BCUT2D eigenvalue weighted by Crippen LogP contribution is 2.42. The molecule has 0 fully saturated rings. The Morgan fingerprint density at radius 2 is 2.00 bits per heavy atom. The molecule has 0 aliphatic heterocycles. The number of non-ortho nitro benzene ring substituents is 1. The van der Waals surface area contributed by atoms with Gasteiger partial charge < -0.3 is 14.2 Å². The molecule has 0 atom stereocenters. The first-order chi connectivity index (χ1) is 13.5. The number of methoxy groups -OCH3 is 1. The lowest BCUT2D eigenvalue weighted by molar-refractivity contribution is -0.384. The predicted octanol–water partition coefficient (Wildman–Crippen LogP) is 4.28. The Hall–Kier alpha value is -2.86. The molecule has 3 aromatic rings. The van der Waals surface area contributed by atoms with Gasteiger partial charge in [0.15, 0.2) is 0 Å². The van der Waals surface area contributed by atoms with E-state index in [4.69, 9.17) is 4.74 Å².